The van der Waals surface area contributed by atoms with E-state index < -0.39 is 33.6 Å². The summed E-state index contributed by atoms with van der Waals surface area (Å²) in [6.07, 6.45) is -2.17. The van der Waals surface area contributed by atoms with Gasteiger partial charge in [-0.15, -0.1) is 0 Å². The molecule has 10 heteroatoms. The molecule has 0 fully saturated rings. The Morgan fingerprint density at radius 1 is 1.24 bits per heavy atom. The van der Waals surface area contributed by atoms with Crippen LogP contribution >= 0.6 is 0 Å². The number of fused-ring (bicyclic) bond motifs is 1. The van der Waals surface area contributed by atoms with E-state index in [1.807, 2.05) is 0 Å². The molecule has 6 nitrogen and oxygen atoms in total. The number of rotatable bonds is 6. The molecule has 0 saturated heterocycles. The molecule has 0 bridgehead atoms. The second-order valence-corrected chi connectivity index (χ2v) is 9.06. The molecule has 0 saturated carbocycles. The number of halogens is 3. The predicted octanol–water partition coefficient (Wildman–Crippen LogP) is 1.50. The van der Waals surface area contributed by atoms with Gasteiger partial charge in [-0.25, -0.2) is 0 Å². The van der Waals surface area contributed by atoms with Crippen LogP contribution in [0.25, 0.3) is 22.0 Å². The van der Waals surface area contributed by atoms with Gasteiger partial charge in [0, 0.05) is 0 Å². The minimum atomic E-state index is -4.43. The van der Waals surface area contributed by atoms with E-state index in [4.69, 9.17) is 4.74 Å². The standard InChI is InChI=1S/C19H19AsF3N3O3/c1-26-10-25-16-14(11-3-5-12(6-4-11)19(21,22)23)8-24-17(15(16)18(26)28)20-7-13(27)9-29-2/h3-6,8,10,13,20,27H,7,9H2,1-2H3/t13-/m1/s1. The van der Waals surface area contributed by atoms with E-state index in [2.05, 4.69) is 9.97 Å². The van der Waals surface area contributed by atoms with Crippen LogP contribution in [0, 0.1) is 0 Å². The van der Waals surface area contributed by atoms with Crippen molar-refractivity contribution in [2.75, 3.05) is 13.7 Å². The zero-order chi connectivity index (χ0) is 21.2. The number of hydrogen-bond donors (Lipinski definition) is 1. The molecule has 1 unspecified atom stereocenters. The van der Waals surface area contributed by atoms with Crippen molar-refractivity contribution >= 4 is 31.1 Å². The molecule has 3 rings (SSSR count). The van der Waals surface area contributed by atoms with Gasteiger partial charge in [-0.05, 0) is 0 Å². The number of aryl methyl sites for hydroxylation is 1. The van der Waals surface area contributed by atoms with E-state index >= 15 is 0 Å². The van der Waals surface area contributed by atoms with Crippen LogP contribution in [0.4, 0.5) is 13.2 Å². The van der Waals surface area contributed by atoms with Crippen LogP contribution in [0.5, 0.6) is 0 Å². The molecule has 0 aliphatic carbocycles. The Morgan fingerprint density at radius 2 is 1.93 bits per heavy atom. The fourth-order valence-electron chi connectivity index (χ4n) is 2.86. The average molecular weight is 469 g/mol. The second-order valence-electron chi connectivity index (χ2n) is 6.47. The van der Waals surface area contributed by atoms with Gasteiger partial charge >= 0.3 is 171 Å². The molecule has 1 aromatic carbocycles. The summed E-state index contributed by atoms with van der Waals surface area (Å²) in [7, 11) is 3.07. The Bertz CT molecular complexity index is 1070. The first-order chi connectivity index (χ1) is 13.7. The van der Waals surface area contributed by atoms with Crippen molar-refractivity contribution in [3.63, 3.8) is 0 Å². The number of aromatic nitrogens is 3. The Hall–Kier alpha value is -2.22. The first-order valence-corrected chi connectivity index (χ1v) is 11.2. The molecule has 2 heterocycles. The first-order valence-electron chi connectivity index (χ1n) is 8.65. The van der Waals surface area contributed by atoms with Crippen LogP contribution in [0.2, 0.25) is 5.21 Å². The number of methoxy groups -OCH3 is 1. The van der Waals surface area contributed by atoms with Crippen molar-refractivity contribution in [2.45, 2.75) is 17.5 Å². The molecule has 154 valence electrons. The molecule has 0 aliphatic rings. The third-order valence-corrected chi connectivity index (χ3v) is 7.25. The number of alkyl halides is 3. The summed E-state index contributed by atoms with van der Waals surface area (Å²) >= 11 is -0.959. The summed E-state index contributed by atoms with van der Waals surface area (Å²) in [6, 6.07) is 4.67. The number of nitrogens with zero attached hydrogens (tertiary/aromatic N) is 3. The molecule has 0 radical (unpaired) electrons. The van der Waals surface area contributed by atoms with Crippen molar-refractivity contribution in [3.8, 4) is 11.1 Å². The maximum atomic E-state index is 12.8. The topological polar surface area (TPSA) is 77.2 Å². The third-order valence-electron chi connectivity index (χ3n) is 4.33. The first kappa shape index (κ1) is 21.5. The van der Waals surface area contributed by atoms with Gasteiger partial charge in [0.05, 0.1) is 0 Å². The van der Waals surface area contributed by atoms with Gasteiger partial charge < -0.3 is 0 Å². The third kappa shape index (κ3) is 4.68. The normalized spacial score (nSPS) is 13.4. The van der Waals surface area contributed by atoms with Crippen LogP contribution in [-0.4, -0.2) is 55.2 Å². The Morgan fingerprint density at radius 3 is 2.55 bits per heavy atom. The number of hydrogen-bond acceptors (Lipinski definition) is 5. The van der Waals surface area contributed by atoms with E-state index in [0.717, 1.165) is 12.1 Å². The summed E-state index contributed by atoms with van der Waals surface area (Å²) in [5.74, 6) is 0. The summed E-state index contributed by atoms with van der Waals surface area (Å²) in [6.45, 7) is 0.196. The van der Waals surface area contributed by atoms with Gasteiger partial charge in [0.25, 0.3) is 0 Å². The molecule has 29 heavy (non-hydrogen) atoms. The van der Waals surface area contributed by atoms with E-state index in [1.54, 1.807) is 7.05 Å². The summed E-state index contributed by atoms with van der Waals surface area (Å²) < 4.78 is 45.4. The van der Waals surface area contributed by atoms with Gasteiger partial charge in [0.2, 0.25) is 0 Å². The molecular weight excluding hydrogens is 450 g/mol. The van der Waals surface area contributed by atoms with Crippen LogP contribution in [0.3, 0.4) is 0 Å². The Labute approximate surface area is 171 Å². The van der Waals surface area contributed by atoms with E-state index in [-0.39, 0.29) is 12.2 Å². The predicted molar refractivity (Wildman–Crippen MR) is 105 cm³/mol. The van der Waals surface area contributed by atoms with Crippen molar-refractivity contribution in [3.05, 3.63) is 52.7 Å². The zero-order valence-corrected chi connectivity index (χ0v) is 17.8. The fraction of sp³-hybridized carbons (Fsp3) is 0.316. The molecule has 0 spiro atoms. The quantitative estimate of drug-likeness (QED) is 0.554. The van der Waals surface area contributed by atoms with E-state index in [0.29, 0.717) is 31.7 Å². The second kappa shape index (κ2) is 8.65. The van der Waals surface area contributed by atoms with Gasteiger partial charge in [-0.2, -0.15) is 0 Å². The van der Waals surface area contributed by atoms with Crippen LogP contribution in [-0.2, 0) is 18.0 Å². The number of benzene rings is 1. The van der Waals surface area contributed by atoms with Crippen LogP contribution in [0.15, 0.2) is 41.6 Å². The van der Waals surface area contributed by atoms with E-state index in [9.17, 15) is 23.1 Å². The minimum absolute atomic E-state index is 0.196. The SMILES string of the molecule is COC[C@H](O)C[AsH]c1ncc(-c2ccc(C(F)(F)F)cc2)c2ncn(C)c(=O)c12. The number of ether oxygens (including phenoxy) is 1. The van der Waals surface area contributed by atoms with E-state index in [1.165, 1.54) is 36.3 Å². The Balaban J connectivity index is 2.08. The Kier molecular flexibility index (Phi) is 6.41. The van der Waals surface area contributed by atoms with Gasteiger partial charge in [-0.1, -0.05) is 0 Å². The van der Waals surface area contributed by atoms with Gasteiger partial charge in [-0.3, -0.25) is 0 Å². The van der Waals surface area contributed by atoms with Crippen molar-refractivity contribution in [1.82, 2.24) is 14.5 Å². The molecular formula is C19H19AsF3N3O3. The number of pyridine rings is 1. The molecule has 2 aromatic heterocycles. The van der Waals surface area contributed by atoms with Gasteiger partial charge in [0.15, 0.2) is 0 Å². The van der Waals surface area contributed by atoms with Gasteiger partial charge in [0.1, 0.15) is 0 Å². The van der Waals surface area contributed by atoms with Crippen molar-refractivity contribution in [2.24, 2.45) is 7.05 Å². The fourth-order valence-corrected chi connectivity index (χ4v) is 5.18. The summed E-state index contributed by atoms with van der Waals surface area (Å²) in [4.78, 5) is 21.5. The summed E-state index contributed by atoms with van der Waals surface area (Å²) in [5, 5.41) is 10.7. The number of aliphatic hydroxyl groups excluding tert-OH is 1. The molecule has 3 aromatic rings. The maximum absolute atomic E-state index is 12.8. The molecule has 0 amide bonds. The summed E-state index contributed by atoms with van der Waals surface area (Å²) in [5.41, 5.74) is 0.332. The van der Waals surface area contributed by atoms with Crippen LogP contribution < -0.4 is 10.0 Å². The molecule has 2 atom stereocenters. The monoisotopic (exact) mass is 469 g/mol. The zero-order valence-electron chi connectivity index (χ0n) is 15.7. The molecule has 1 N–H and O–H groups in total. The van der Waals surface area contributed by atoms with Crippen LogP contribution in [0.1, 0.15) is 5.56 Å². The molecule has 0 aliphatic heterocycles. The van der Waals surface area contributed by atoms with Crippen molar-refractivity contribution < 1.29 is 23.0 Å². The average Bonchev–Trinajstić information content (AvgIpc) is 2.68. The van der Waals surface area contributed by atoms with Crippen molar-refractivity contribution in [1.29, 1.82) is 0 Å². The number of aliphatic hydroxyl groups is 1.